The normalized spacial score (nSPS) is 11.3. The largest absolute Gasteiger partial charge is 0.330 e. The Morgan fingerprint density at radius 3 is 2.76 bits per heavy atom. The van der Waals surface area contributed by atoms with Crippen molar-refractivity contribution in [3.8, 4) is 0 Å². The fourth-order valence-electron chi connectivity index (χ4n) is 1.85. The van der Waals surface area contributed by atoms with E-state index in [4.69, 9.17) is 5.73 Å². The van der Waals surface area contributed by atoms with Crippen LogP contribution in [0.3, 0.4) is 0 Å². The van der Waals surface area contributed by atoms with Crippen molar-refractivity contribution in [2.75, 3.05) is 11.3 Å². The zero-order chi connectivity index (χ0) is 15.3. The molecule has 1 heterocycles. The summed E-state index contributed by atoms with van der Waals surface area (Å²) in [6.45, 7) is 0.574. The lowest BCUT2D eigenvalue weighted by Gasteiger charge is -2.09. The van der Waals surface area contributed by atoms with Gasteiger partial charge in [-0.25, -0.2) is 12.8 Å². The molecule has 0 radical (unpaired) electrons. The van der Waals surface area contributed by atoms with E-state index in [2.05, 4.69) is 9.71 Å². The van der Waals surface area contributed by atoms with Gasteiger partial charge in [0.2, 0.25) is 0 Å². The van der Waals surface area contributed by atoms with Gasteiger partial charge in [-0.05, 0) is 43.1 Å². The molecule has 3 N–H and O–H groups in total. The second kappa shape index (κ2) is 6.64. The van der Waals surface area contributed by atoms with Gasteiger partial charge in [0.1, 0.15) is 10.7 Å². The fourth-order valence-corrected chi connectivity index (χ4v) is 2.87. The highest BCUT2D eigenvalue weighted by atomic mass is 32.2. The minimum absolute atomic E-state index is 0.213. The van der Waals surface area contributed by atoms with Gasteiger partial charge in [0.05, 0.1) is 6.20 Å². The number of nitrogens with one attached hydrogen (secondary N) is 1. The van der Waals surface area contributed by atoms with Gasteiger partial charge in [-0.3, -0.25) is 9.71 Å². The summed E-state index contributed by atoms with van der Waals surface area (Å²) in [4.78, 5) is 3.33. The van der Waals surface area contributed by atoms with E-state index in [-0.39, 0.29) is 4.90 Å². The molecule has 21 heavy (non-hydrogen) atoms. The van der Waals surface area contributed by atoms with Crippen LogP contribution >= 0.6 is 0 Å². The molecule has 1 aromatic carbocycles. The summed E-state index contributed by atoms with van der Waals surface area (Å²) >= 11 is 0. The van der Waals surface area contributed by atoms with Crippen molar-refractivity contribution in [1.82, 2.24) is 4.98 Å². The highest BCUT2D eigenvalue weighted by molar-refractivity contribution is 7.92. The Hall–Kier alpha value is -1.99. The van der Waals surface area contributed by atoms with Crippen molar-refractivity contribution < 1.29 is 12.8 Å². The van der Waals surface area contributed by atoms with Crippen LogP contribution in [-0.2, 0) is 16.4 Å². The van der Waals surface area contributed by atoms with Gasteiger partial charge < -0.3 is 5.73 Å². The van der Waals surface area contributed by atoms with Crippen molar-refractivity contribution in [2.24, 2.45) is 5.73 Å². The number of rotatable bonds is 6. The molecule has 0 aliphatic rings. The summed E-state index contributed by atoms with van der Waals surface area (Å²) in [6, 6.07) is 7.95. The van der Waals surface area contributed by atoms with Gasteiger partial charge >= 0.3 is 0 Å². The molecule has 0 saturated carbocycles. The topological polar surface area (TPSA) is 85.1 Å². The number of aromatic nitrogens is 1. The van der Waals surface area contributed by atoms with Crippen LogP contribution in [0.1, 0.15) is 12.0 Å². The highest BCUT2D eigenvalue weighted by Crippen LogP contribution is 2.17. The van der Waals surface area contributed by atoms with E-state index in [1.807, 2.05) is 6.07 Å². The lowest BCUT2D eigenvalue weighted by atomic mass is 10.1. The van der Waals surface area contributed by atoms with Gasteiger partial charge in [0, 0.05) is 11.9 Å². The molecule has 0 bridgehead atoms. The summed E-state index contributed by atoms with van der Waals surface area (Å²) in [5.74, 6) is -0.699. The Morgan fingerprint density at radius 2 is 2.05 bits per heavy atom. The lowest BCUT2D eigenvalue weighted by molar-refractivity contribution is 0.592. The molecule has 0 fully saturated rings. The van der Waals surface area contributed by atoms with Crippen molar-refractivity contribution in [2.45, 2.75) is 17.7 Å². The van der Waals surface area contributed by atoms with Crippen LogP contribution in [-0.4, -0.2) is 19.9 Å². The average Bonchev–Trinajstić information content (AvgIpc) is 2.45. The van der Waals surface area contributed by atoms with E-state index in [0.717, 1.165) is 36.9 Å². The van der Waals surface area contributed by atoms with Crippen molar-refractivity contribution in [3.05, 3.63) is 54.1 Å². The molecule has 7 heteroatoms. The zero-order valence-electron chi connectivity index (χ0n) is 11.3. The quantitative estimate of drug-likeness (QED) is 0.853. The first-order valence-electron chi connectivity index (χ1n) is 6.43. The monoisotopic (exact) mass is 309 g/mol. The molecule has 0 aliphatic carbocycles. The van der Waals surface area contributed by atoms with Gasteiger partial charge in [-0.1, -0.05) is 12.1 Å². The summed E-state index contributed by atoms with van der Waals surface area (Å²) in [7, 11) is -3.85. The maximum Gasteiger partial charge on any atom is 0.263 e. The van der Waals surface area contributed by atoms with Gasteiger partial charge in [-0.15, -0.1) is 0 Å². The first-order valence-corrected chi connectivity index (χ1v) is 7.92. The third kappa shape index (κ3) is 4.24. The molecule has 0 aliphatic heterocycles. The number of hydrogen-bond donors (Lipinski definition) is 2. The molecule has 0 saturated heterocycles. The molecule has 2 aromatic rings. The molecule has 0 atom stereocenters. The predicted molar refractivity (Wildman–Crippen MR) is 78.8 cm³/mol. The molecule has 2 rings (SSSR count). The van der Waals surface area contributed by atoms with E-state index in [0.29, 0.717) is 12.2 Å². The number of nitrogens with two attached hydrogens (primary N) is 1. The molecule has 0 spiro atoms. The Morgan fingerprint density at radius 1 is 1.24 bits per heavy atom. The molecular weight excluding hydrogens is 293 g/mol. The lowest BCUT2D eigenvalue weighted by Crippen LogP contribution is -2.13. The van der Waals surface area contributed by atoms with Crippen LogP contribution < -0.4 is 10.5 Å². The minimum Gasteiger partial charge on any atom is -0.330 e. The van der Waals surface area contributed by atoms with Gasteiger partial charge in [0.15, 0.2) is 0 Å². The highest BCUT2D eigenvalue weighted by Gasteiger charge is 2.15. The maximum atomic E-state index is 13.1. The number of pyridine rings is 1. The van der Waals surface area contributed by atoms with E-state index in [9.17, 15) is 12.8 Å². The number of anilines is 1. The molecule has 0 amide bonds. The molecular formula is C14H16FN3O2S. The first kappa shape index (κ1) is 15.4. The third-order valence-electron chi connectivity index (χ3n) is 2.84. The molecule has 1 aromatic heterocycles. The molecule has 5 nitrogen and oxygen atoms in total. The molecule has 0 unspecified atom stereocenters. The summed E-state index contributed by atoms with van der Waals surface area (Å²) in [5.41, 5.74) is 6.86. The van der Waals surface area contributed by atoms with Crippen LogP contribution in [0.2, 0.25) is 0 Å². The summed E-state index contributed by atoms with van der Waals surface area (Å²) in [6.07, 6.45) is 3.65. The van der Waals surface area contributed by atoms with E-state index >= 15 is 0 Å². The number of aryl methyl sites for hydroxylation is 1. The maximum absolute atomic E-state index is 13.1. The Kier molecular flexibility index (Phi) is 4.87. The third-order valence-corrected chi connectivity index (χ3v) is 4.19. The van der Waals surface area contributed by atoms with Crippen molar-refractivity contribution in [3.63, 3.8) is 0 Å². The number of hydrogen-bond acceptors (Lipinski definition) is 4. The number of nitrogens with zero attached hydrogens (tertiary/aromatic N) is 1. The van der Waals surface area contributed by atoms with E-state index in [1.165, 1.54) is 0 Å². The SMILES string of the molecule is NCCCc1cccc(NS(=O)(=O)c2cncc(F)c2)c1. The predicted octanol–water partition coefficient (Wildman–Crippen LogP) is 1.91. The van der Waals surface area contributed by atoms with Crippen LogP contribution in [0.15, 0.2) is 47.6 Å². The standard InChI is InChI=1S/C14H16FN3O2S/c15-12-8-14(10-17-9-12)21(19,20)18-13-5-1-3-11(7-13)4-2-6-16/h1,3,5,7-10,18H,2,4,6,16H2. The minimum atomic E-state index is -3.85. The van der Waals surface area contributed by atoms with Crippen LogP contribution in [0.5, 0.6) is 0 Å². The van der Waals surface area contributed by atoms with Gasteiger partial charge in [0.25, 0.3) is 10.0 Å². The second-order valence-electron chi connectivity index (χ2n) is 4.54. The van der Waals surface area contributed by atoms with Crippen molar-refractivity contribution >= 4 is 15.7 Å². The Balaban J connectivity index is 2.20. The smallest absolute Gasteiger partial charge is 0.263 e. The van der Waals surface area contributed by atoms with Crippen LogP contribution in [0, 0.1) is 5.82 Å². The average molecular weight is 309 g/mol. The zero-order valence-corrected chi connectivity index (χ0v) is 12.1. The van der Waals surface area contributed by atoms with Crippen molar-refractivity contribution in [1.29, 1.82) is 0 Å². The van der Waals surface area contributed by atoms with Crippen LogP contribution in [0.25, 0.3) is 0 Å². The number of benzene rings is 1. The summed E-state index contributed by atoms with van der Waals surface area (Å²) < 4.78 is 39.8. The first-order chi connectivity index (χ1) is 10.0. The van der Waals surface area contributed by atoms with Gasteiger partial charge in [-0.2, -0.15) is 0 Å². The second-order valence-corrected chi connectivity index (χ2v) is 6.22. The fraction of sp³-hybridized carbons (Fsp3) is 0.214. The Bertz CT molecular complexity index is 720. The van der Waals surface area contributed by atoms with Crippen LogP contribution in [0.4, 0.5) is 10.1 Å². The number of sulfonamides is 1. The Labute approximate surface area is 123 Å². The van der Waals surface area contributed by atoms with E-state index < -0.39 is 15.8 Å². The summed E-state index contributed by atoms with van der Waals surface area (Å²) in [5, 5.41) is 0. The molecule has 112 valence electrons. The van der Waals surface area contributed by atoms with E-state index in [1.54, 1.807) is 18.2 Å². The number of halogens is 1.